The Hall–Kier alpha value is -2.18. The third kappa shape index (κ3) is 2.98. The van der Waals surface area contributed by atoms with Crippen LogP contribution in [0, 0.1) is 11.3 Å². The number of nitrogen functional groups attached to an aromatic ring is 1. The van der Waals surface area contributed by atoms with E-state index in [-0.39, 0.29) is 0 Å². The van der Waals surface area contributed by atoms with E-state index >= 15 is 0 Å². The minimum Gasteiger partial charge on any atom is -0.455 e. The summed E-state index contributed by atoms with van der Waals surface area (Å²) in [5.41, 5.74) is 7.81. The fourth-order valence-electron chi connectivity index (χ4n) is 1.72. The predicted octanol–water partition coefficient (Wildman–Crippen LogP) is 4.15. The third-order valence-corrected chi connectivity index (χ3v) is 3.13. The second-order valence-corrected chi connectivity index (χ2v) is 4.48. The number of nitrogens with two attached hydrogens (primary N) is 1. The normalized spacial score (nSPS) is 9.95. The molecule has 0 fully saturated rings. The number of anilines is 1. The number of hydrogen-bond donors (Lipinski definition) is 1. The summed E-state index contributed by atoms with van der Waals surface area (Å²) < 4.78 is 5.71. The molecule has 0 aliphatic carbocycles. The maximum Gasteiger partial charge on any atom is 0.150 e. The lowest BCUT2D eigenvalue weighted by atomic mass is 10.1. The highest BCUT2D eigenvalue weighted by Gasteiger charge is 2.06. The fraction of sp³-hybridized carbons (Fsp3) is 0.133. The van der Waals surface area contributed by atoms with Gasteiger partial charge in [0.05, 0.1) is 17.3 Å². The Labute approximate surface area is 117 Å². The van der Waals surface area contributed by atoms with E-state index in [1.54, 1.807) is 30.3 Å². The van der Waals surface area contributed by atoms with Gasteiger partial charge in [0, 0.05) is 5.02 Å². The molecule has 0 radical (unpaired) electrons. The van der Waals surface area contributed by atoms with Crippen molar-refractivity contribution in [3.8, 4) is 17.6 Å². The highest BCUT2D eigenvalue weighted by molar-refractivity contribution is 6.31. The zero-order valence-corrected chi connectivity index (χ0v) is 11.2. The first-order chi connectivity index (χ1) is 9.13. The van der Waals surface area contributed by atoms with Crippen LogP contribution in [0.4, 0.5) is 5.69 Å². The van der Waals surface area contributed by atoms with Crippen molar-refractivity contribution in [1.29, 1.82) is 5.26 Å². The molecule has 0 saturated carbocycles. The molecule has 2 N–H and O–H groups in total. The predicted molar refractivity (Wildman–Crippen MR) is 76.5 cm³/mol. The number of nitriles is 1. The van der Waals surface area contributed by atoms with E-state index in [2.05, 4.69) is 0 Å². The first kappa shape index (κ1) is 13.3. The second-order valence-electron chi connectivity index (χ2n) is 4.07. The monoisotopic (exact) mass is 272 g/mol. The molecular formula is C15H13ClN2O. The third-order valence-electron chi connectivity index (χ3n) is 2.76. The minimum absolute atomic E-state index is 0.437. The molecule has 0 unspecified atom stereocenters. The summed E-state index contributed by atoms with van der Waals surface area (Å²) in [5.74, 6) is 1.21. The molecular weight excluding hydrogens is 260 g/mol. The zero-order chi connectivity index (χ0) is 13.8. The van der Waals surface area contributed by atoms with Crippen LogP contribution in [0.3, 0.4) is 0 Å². The van der Waals surface area contributed by atoms with Crippen LogP contribution in [0.1, 0.15) is 18.1 Å². The lowest BCUT2D eigenvalue weighted by molar-refractivity contribution is 0.484. The smallest absolute Gasteiger partial charge is 0.150 e. The van der Waals surface area contributed by atoms with Crippen molar-refractivity contribution < 1.29 is 4.74 Å². The van der Waals surface area contributed by atoms with Gasteiger partial charge in [0.15, 0.2) is 0 Å². The van der Waals surface area contributed by atoms with Gasteiger partial charge in [-0.1, -0.05) is 18.5 Å². The molecule has 96 valence electrons. The van der Waals surface area contributed by atoms with Crippen LogP contribution in [0.2, 0.25) is 5.02 Å². The van der Waals surface area contributed by atoms with Crippen molar-refractivity contribution in [2.75, 3.05) is 5.73 Å². The van der Waals surface area contributed by atoms with Crippen molar-refractivity contribution in [2.45, 2.75) is 13.3 Å². The van der Waals surface area contributed by atoms with Gasteiger partial charge in [-0.05, 0) is 48.4 Å². The summed E-state index contributed by atoms with van der Waals surface area (Å²) in [5, 5.41) is 9.51. The molecule has 0 aromatic heterocycles. The zero-order valence-electron chi connectivity index (χ0n) is 10.5. The van der Waals surface area contributed by atoms with E-state index in [1.807, 2.05) is 19.1 Å². The van der Waals surface area contributed by atoms with Gasteiger partial charge in [0.1, 0.15) is 11.5 Å². The van der Waals surface area contributed by atoms with Crippen molar-refractivity contribution in [2.24, 2.45) is 0 Å². The molecule has 0 spiro atoms. The van der Waals surface area contributed by atoms with Gasteiger partial charge in [-0.2, -0.15) is 5.26 Å². The maximum atomic E-state index is 8.78. The number of benzene rings is 2. The molecule has 2 rings (SSSR count). The van der Waals surface area contributed by atoms with E-state index in [4.69, 9.17) is 27.3 Å². The van der Waals surface area contributed by atoms with E-state index < -0.39 is 0 Å². The first-order valence-electron chi connectivity index (χ1n) is 5.90. The van der Waals surface area contributed by atoms with Crippen LogP contribution < -0.4 is 10.5 Å². The van der Waals surface area contributed by atoms with Gasteiger partial charge in [-0.3, -0.25) is 0 Å². The van der Waals surface area contributed by atoms with Crippen molar-refractivity contribution in [1.82, 2.24) is 0 Å². The van der Waals surface area contributed by atoms with Crippen molar-refractivity contribution in [3.05, 3.63) is 52.5 Å². The van der Waals surface area contributed by atoms with Gasteiger partial charge in [-0.15, -0.1) is 0 Å². The molecule has 0 heterocycles. The van der Waals surface area contributed by atoms with Gasteiger partial charge >= 0.3 is 0 Å². The summed E-state index contributed by atoms with van der Waals surface area (Å²) in [4.78, 5) is 0. The van der Waals surface area contributed by atoms with Gasteiger partial charge in [0.25, 0.3) is 0 Å². The van der Waals surface area contributed by atoms with Crippen molar-refractivity contribution in [3.63, 3.8) is 0 Å². The van der Waals surface area contributed by atoms with Crippen LogP contribution in [0.15, 0.2) is 36.4 Å². The van der Waals surface area contributed by atoms with Crippen LogP contribution >= 0.6 is 11.6 Å². The Balaban J connectivity index is 2.29. The standard InChI is InChI=1S/C15H13ClN2O/c1-2-11-8-12(4-5-13(11)16)19-15-6-3-10(9-17)7-14(15)18/h3-8H,2,18H2,1H3. The molecule has 0 amide bonds. The summed E-state index contributed by atoms with van der Waals surface area (Å²) in [7, 11) is 0. The molecule has 0 saturated heterocycles. The molecule has 2 aromatic carbocycles. The van der Waals surface area contributed by atoms with Gasteiger partial charge < -0.3 is 10.5 Å². The summed E-state index contributed by atoms with van der Waals surface area (Å²) in [6, 6.07) is 12.5. The number of rotatable bonds is 3. The number of halogens is 1. The van der Waals surface area contributed by atoms with E-state index in [0.717, 1.165) is 17.0 Å². The lowest BCUT2D eigenvalue weighted by Gasteiger charge is -2.10. The molecule has 3 nitrogen and oxygen atoms in total. The van der Waals surface area contributed by atoms with Crippen molar-refractivity contribution >= 4 is 17.3 Å². The summed E-state index contributed by atoms with van der Waals surface area (Å²) >= 11 is 6.05. The Morgan fingerprint density at radius 1 is 1.26 bits per heavy atom. The SMILES string of the molecule is CCc1cc(Oc2ccc(C#N)cc2N)ccc1Cl. The number of ether oxygens (including phenoxy) is 1. The van der Waals surface area contributed by atoms with Crippen LogP contribution in [-0.2, 0) is 6.42 Å². The molecule has 0 aliphatic rings. The Morgan fingerprint density at radius 3 is 2.68 bits per heavy atom. The largest absolute Gasteiger partial charge is 0.455 e. The van der Waals surface area contributed by atoms with E-state index in [1.165, 1.54) is 0 Å². The lowest BCUT2D eigenvalue weighted by Crippen LogP contribution is -1.93. The summed E-state index contributed by atoms with van der Waals surface area (Å²) in [6.07, 6.45) is 0.832. The Bertz CT molecular complexity index is 647. The van der Waals surface area contributed by atoms with E-state index in [9.17, 15) is 0 Å². The molecule has 0 atom stereocenters. The number of hydrogen-bond acceptors (Lipinski definition) is 3. The molecule has 0 aliphatic heterocycles. The average Bonchev–Trinajstić information content (AvgIpc) is 2.43. The fourth-order valence-corrected chi connectivity index (χ4v) is 1.97. The number of aryl methyl sites for hydroxylation is 1. The quantitative estimate of drug-likeness (QED) is 0.854. The van der Waals surface area contributed by atoms with Crippen LogP contribution in [0.25, 0.3) is 0 Å². The van der Waals surface area contributed by atoms with E-state index in [0.29, 0.717) is 22.7 Å². The molecule has 19 heavy (non-hydrogen) atoms. The highest BCUT2D eigenvalue weighted by Crippen LogP contribution is 2.30. The summed E-state index contributed by atoms with van der Waals surface area (Å²) in [6.45, 7) is 2.03. The van der Waals surface area contributed by atoms with Crippen LogP contribution in [0.5, 0.6) is 11.5 Å². The first-order valence-corrected chi connectivity index (χ1v) is 6.27. The highest BCUT2D eigenvalue weighted by atomic mass is 35.5. The average molecular weight is 273 g/mol. The van der Waals surface area contributed by atoms with Crippen LogP contribution in [-0.4, -0.2) is 0 Å². The molecule has 4 heteroatoms. The maximum absolute atomic E-state index is 8.78. The van der Waals surface area contributed by atoms with Gasteiger partial charge in [0.2, 0.25) is 0 Å². The number of nitrogens with zero attached hydrogens (tertiary/aromatic N) is 1. The minimum atomic E-state index is 0.437. The molecule has 0 bridgehead atoms. The topological polar surface area (TPSA) is 59.0 Å². The Morgan fingerprint density at radius 2 is 2.05 bits per heavy atom. The Kier molecular flexibility index (Phi) is 3.94. The van der Waals surface area contributed by atoms with Gasteiger partial charge in [-0.25, -0.2) is 0 Å². The second kappa shape index (κ2) is 5.64. The molecule has 2 aromatic rings.